The van der Waals surface area contributed by atoms with Gasteiger partial charge in [0.05, 0.1) is 15.6 Å². The number of halogens is 3. The first-order valence-corrected chi connectivity index (χ1v) is 10.1. The van der Waals surface area contributed by atoms with E-state index in [-0.39, 0.29) is 15.5 Å². The highest BCUT2D eigenvalue weighted by atomic mass is 35.5. The van der Waals surface area contributed by atoms with E-state index in [9.17, 15) is 18.4 Å². The molecule has 1 N–H and O–H groups in total. The lowest BCUT2D eigenvalue weighted by molar-refractivity contribution is -0.115. The fourth-order valence-electron chi connectivity index (χ4n) is 3.49. The zero-order chi connectivity index (χ0) is 20.6. The monoisotopic (exact) mass is 429 g/mol. The summed E-state index contributed by atoms with van der Waals surface area (Å²) in [4.78, 5) is 27.8. The van der Waals surface area contributed by atoms with E-state index in [1.165, 1.54) is 18.2 Å². The van der Waals surface area contributed by atoms with Crippen molar-refractivity contribution in [3.05, 3.63) is 33.2 Å². The standard InChI is InChI=1S/C19H22ClF2N3O2S/c1-19(21,22)12-8-11(9-15-17(26)23-18(27)28-15)16(14(20)10-12)25-6-4-13(5-7-25)24(2)3/h8-10,13H,4-7H2,1-3H3,(H,23,26,27). The van der Waals surface area contributed by atoms with Crippen molar-refractivity contribution in [2.75, 3.05) is 32.1 Å². The third-order valence-corrected chi connectivity index (χ3v) is 6.14. The number of benzene rings is 1. The molecule has 2 fully saturated rings. The fraction of sp³-hybridized carbons (Fsp3) is 0.474. The predicted molar refractivity (Wildman–Crippen MR) is 109 cm³/mol. The number of amides is 2. The summed E-state index contributed by atoms with van der Waals surface area (Å²) in [5, 5.41) is 1.91. The van der Waals surface area contributed by atoms with Crippen molar-refractivity contribution in [3.8, 4) is 0 Å². The van der Waals surface area contributed by atoms with E-state index in [0.717, 1.165) is 44.6 Å². The van der Waals surface area contributed by atoms with Gasteiger partial charge in [-0.15, -0.1) is 0 Å². The molecule has 0 atom stereocenters. The summed E-state index contributed by atoms with van der Waals surface area (Å²) in [6.07, 6.45) is 3.30. The number of carbonyl (C=O) groups excluding carboxylic acids is 2. The molecule has 2 saturated heterocycles. The van der Waals surface area contributed by atoms with Gasteiger partial charge in [-0.05, 0) is 56.9 Å². The van der Waals surface area contributed by atoms with Crippen molar-refractivity contribution in [1.82, 2.24) is 10.2 Å². The second-order valence-corrected chi connectivity index (χ2v) is 8.74. The number of imide groups is 1. The second-order valence-electron chi connectivity index (χ2n) is 7.32. The average molecular weight is 430 g/mol. The molecule has 0 unspecified atom stereocenters. The van der Waals surface area contributed by atoms with Crippen molar-refractivity contribution in [2.24, 2.45) is 0 Å². The topological polar surface area (TPSA) is 52.6 Å². The summed E-state index contributed by atoms with van der Waals surface area (Å²) in [7, 11) is 4.07. The lowest BCUT2D eigenvalue weighted by atomic mass is 9.99. The Bertz CT molecular complexity index is 831. The van der Waals surface area contributed by atoms with Crippen LogP contribution in [0.3, 0.4) is 0 Å². The van der Waals surface area contributed by atoms with E-state index in [2.05, 4.69) is 15.1 Å². The lowest BCUT2D eigenvalue weighted by Gasteiger charge is -2.37. The van der Waals surface area contributed by atoms with Gasteiger partial charge < -0.3 is 9.80 Å². The van der Waals surface area contributed by atoms with Crippen LogP contribution in [0, 0.1) is 0 Å². The number of hydrogen-bond acceptors (Lipinski definition) is 5. The van der Waals surface area contributed by atoms with Gasteiger partial charge in [-0.25, -0.2) is 8.78 Å². The number of nitrogens with one attached hydrogen (secondary N) is 1. The quantitative estimate of drug-likeness (QED) is 0.723. The molecule has 0 aliphatic carbocycles. The number of anilines is 1. The second kappa shape index (κ2) is 8.00. The molecule has 0 aromatic heterocycles. The number of piperidine rings is 1. The van der Waals surface area contributed by atoms with Crippen LogP contribution in [0.5, 0.6) is 0 Å². The molecule has 3 rings (SSSR count). The summed E-state index contributed by atoms with van der Waals surface area (Å²) in [5.41, 5.74) is 0.804. The van der Waals surface area contributed by atoms with Crippen LogP contribution in [0.1, 0.15) is 30.9 Å². The summed E-state index contributed by atoms with van der Waals surface area (Å²) in [6, 6.07) is 3.08. The highest BCUT2D eigenvalue weighted by Gasteiger charge is 2.31. The van der Waals surface area contributed by atoms with Gasteiger partial charge in [-0.2, -0.15) is 0 Å². The largest absolute Gasteiger partial charge is 0.370 e. The SMILES string of the molecule is CN(C)C1CCN(c2c(Cl)cc(C(C)(F)F)cc2C=C2SC(=O)NC2=O)CC1. The normalized spacial score (nSPS) is 20.4. The van der Waals surface area contributed by atoms with Crippen LogP contribution in [-0.4, -0.2) is 49.3 Å². The minimum atomic E-state index is -3.08. The van der Waals surface area contributed by atoms with E-state index in [4.69, 9.17) is 11.6 Å². The summed E-state index contributed by atoms with van der Waals surface area (Å²) in [5.74, 6) is -3.61. The molecule has 2 heterocycles. The van der Waals surface area contributed by atoms with Gasteiger partial charge in [0, 0.05) is 37.2 Å². The van der Waals surface area contributed by atoms with Crippen molar-refractivity contribution in [3.63, 3.8) is 0 Å². The highest BCUT2D eigenvalue weighted by Crippen LogP contribution is 2.40. The molecule has 1 aromatic carbocycles. The number of hydrogen-bond donors (Lipinski definition) is 1. The van der Waals surface area contributed by atoms with E-state index >= 15 is 0 Å². The Morgan fingerprint density at radius 3 is 2.43 bits per heavy atom. The first kappa shape index (κ1) is 21.1. The molecule has 0 saturated carbocycles. The van der Waals surface area contributed by atoms with E-state index in [1.54, 1.807) is 0 Å². The molecule has 2 aliphatic heterocycles. The summed E-state index contributed by atoms with van der Waals surface area (Å²) in [6.45, 7) is 2.25. The number of carbonyl (C=O) groups is 2. The number of rotatable bonds is 4. The fourth-order valence-corrected chi connectivity index (χ4v) is 4.50. The molecule has 152 valence electrons. The van der Waals surface area contributed by atoms with E-state index < -0.39 is 17.1 Å². The first-order valence-electron chi connectivity index (χ1n) is 8.94. The molecule has 2 amide bonds. The summed E-state index contributed by atoms with van der Waals surface area (Å²) < 4.78 is 27.9. The first-order chi connectivity index (χ1) is 13.1. The van der Waals surface area contributed by atoms with Crippen LogP contribution in [0.2, 0.25) is 5.02 Å². The lowest BCUT2D eigenvalue weighted by Crippen LogP contribution is -2.42. The van der Waals surface area contributed by atoms with Crippen molar-refractivity contribution in [1.29, 1.82) is 0 Å². The molecule has 0 bridgehead atoms. The van der Waals surface area contributed by atoms with Crippen LogP contribution in [0.15, 0.2) is 17.0 Å². The minimum Gasteiger partial charge on any atom is -0.370 e. The molecule has 9 heteroatoms. The Morgan fingerprint density at radius 2 is 1.93 bits per heavy atom. The van der Waals surface area contributed by atoms with Gasteiger partial charge in [0.2, 0.25) is 0 Å². The maximum absolute atomic E-state index is 13.9. The molecular formula is C19H22ClF2N3O2S. The molecule has 0 radical (unpaired) electrons. The van der Waals surface area contributed by atoms with Crippen LogP contribution >= 0.6 is 23.4 Å². The van der Waals surface area contributed by atoms with Gasteiger partial charge in [0.1, 0.15) is 0 Å². The van der Waals surface area contributed by atoms with E-state index in [0.29, 0.717) is 17.3 Å². The molecule has 1 aromatic rings. The van der Waals surface area contributed by atoms with Crippen LogP contribution in [0.25, 0.3) is 6.08 Å². The van der Waals surface area contributed by atoms with Crippen molar-refractivity contribution in [2.45, 2.75) is 31.7 Å². The van der Waals surface area contributed by atoms with Crippen LogP contribution in [-0.2, 0) is 10.7 Å². The van der Waals surface area contributed by atoms with Gasteiger partial charge in [-0.1, -0.05) is 11.6 Å². The molecule has 28 heavy (non-hydrogen) atoms. The number of nitrogens with zero attached hydrogens (tertiary/aromatic N) is 2. The number of alkyl halides is 2. The maximum Gasteiger partial charge on any atom is 0.290 e. The van der Waals surface area contributed by atoms with Gasteiger partial charge in [0.25, 0.3) is 17.1 Å². The van der Waals surface area contributed by atoms with Crippen molar-refractivity contribution >= 4 is 46.3 Å². The number of thioether (sulfide) groups is 1. The zero-order valence-electron chi connectivity index (χ0n) is 15.9. The van der Waals surface area contributed by atoms with Crippen molar-refractivity contribution < 1.29 is 18.4 Å². The Morgan fingerprint density at radius 1 is 1.29 bits per heavy atom. The van der Waals surface area contributed by atoms with Gasteiger partial charge in [0.15, 0.2) is 0 Å². The highest BCUT2D eigenvalue weighted by molar-refractivity contribution is 8.18. The van der Waals surface area contributed by atoms with Gasteiger partial charge in [-0.3, -0.25) is 14.9 Å². The molecule has 2 aliphatic rings. The average Bonchev–Trinajstić information content (AvgIpc) is 2.91. The van der Waals surface area contributed by atoms with Crippen LogP contribution < -0.4 is 10.2 Å². The third kappa shape index (κ3) is 4.50. The Kier molecular flexibility index (Phi) is 6.03. The smallest absolute Gasteiger partial charge is 0.290 e. The Hall–Kier alpha value is -1.64. The minimum absolute atomic E-state index is 0.169. The Labute approximate surface area is 172 Å². The third-order valence-electron chi connectivity index (χ3n) is 5.04. The maximum atomic E-state index is 13.9. The van der Waals surface area contributed by atoms with Crippen LogP contribution in [0.4, 0.5) is 19.3 Å². The molecule has 0 spiro atoms. The molecular weight excluding hydrogens is 408 g/mol. The predicted octanol–water partition coefficient (Wildman–Crippen LogP) is 4.31. The van der Waals surface area contributed by atoms with Gasteiger partial charge >= 0.3 is 0 Å². The van der Waals surface area contributed by atoms with E-state index in [1.807, 2.05) is 14.1 Å². The zero-order valence-corrected chi connectivity index (χ0v) is 17.5. The Balaban J connectivity index is 2.03. The molecule has 5 nitrogen and oxygen atoms in total. The summed E-state index contributed by atoms with van der Waals surface area (Å²) >= 11 is 7.19.